The van der Waals surface area contributed by atoms with Crippen LogP contribution in [0.2, 0.25) is 0 Å². The zero-order valence-corrected chi connectivity index (χ0v) is 9.12. The van der Waals surface area contributed by atoms with Gasteiger partial charge in [-0.1, -0.05) is 0 Å². The molecule has 0 saturated heterocycles. The predicted molar refractivity (Wildman–Crippen MR) is 57.5 cm³/mol. The molecule has 0 saturated carbocycles. The highest BCUT2D eigenvalue weighted by Gasteiger charge is 2.18. The first-order valence-corrected chi connectivity index (χ1v) is 5.22. The van der Waals surface area contributed by atoms with E-state index in [-0.39, 0.29) is 12.7 Å². The van der Waals surface area contributed by atoms with Crippen molar-refractivity contribution >= 4 is 0 Å². The van der Waals surface area contributed by atoms with Crippen LogP contribution in [-0.2, 0) is 0 Å². The summed E-state index contributed by atoms with van der Waals surface area (Å²) >= 11 is 0. The smallest absolute Gasteiger partial charge is 0.162 e. The second-order valence-corrected chi connectivity index (χ2v) is 3.94. The molecular formula is C12H16O3. The highest BCUT2D eigenvalue weighted by atomic mass is 16.5. The van der Waals surface area contributed by atoms with Gasteiger partial charge in [-0.15, -0.1) is 0 Å². The SMILES string of the molecule is Cc1cc2c(cc1C)OC(CO)CCO2. The maximum absolute atomic E-state index is 9.08. The average molecular weight is 208 g/mol. The number of fused-ring (bicyclic) bond motifs is 1. The Kier molecular flexibility index (Phi) is 2.82. The van der Waals surface area contributed by atoms with Gasteiger partial charge in [-0.2, -0.15) is 0 Å². The van der Waals surface area contributed by atoms with Gasteiger partial charge in [-0.3, -0.25) is 0 Å². The van der Waals surface area contributed by atoms with Gasteiger partial charge in [-0.25, -0.2) is 0 Å². The summed E-state index contributed by atoms with van der Waals surface area (Å²) in [7, 11) is 0. The van der Waals surface area contributed by atoms with E-state index in [1.807, 2.05) is 26.0 Å². The third-order valence-electron chi connectivity index (χ3n) is 2.75. The highest BCUT2D eigenvalue weighted by molar-refractivity contribution is 5.47. The summed E-state index contributed by atoms with van der Waals surface area (Å²) < 4.78 is 11.2. The zero-order valence-electron chi connectivity index (χ0n) is 9.12. The summed E-state index contributed by atoms with van der Waals surface area (Å²) in [5.41, 5.74) is 2.37. The van der Waals surface area contributed by atoms with Crippen LogP contribution in [0.4, 0.5) is 0 Å². The van der Waals surface area contributed by atoms with E-state index in [2.05, 4.69) is 0 Å². The van der Waals surface area contributed by atoms with Crippen LogP contribution in [0.15, 0.2) is 12.1 Å². The van der Waals surface area contributed by atoms with Crippen molar-refractivity contribution in [3.8, 4) is 11.5 Å². The topological polar surface area (TPSA) is 38.7 Å². The molecule has 0 amide bonds. The Bertz CT molecular complexity index is 360. The van der Waals surface area contributed by atoms with E-state index >= 15 is 0 Å². The van der Waals surface area contributed by atoms with Gasteiger partial charge < -0.3 is 14.6 Å². The molecule has 0 radical (unpaired) electrons. The third kappa shape index (κ3) is 2.07. The quantitative estimate of drug-likeness (QED) is 0.765. The van der Waals surface area contributed by atoms with Crippen molar-refractivity contribution in [3.63, 3.8) is 0 Å². The monoisotopic (exact) mass is 208 g/mol. The van der Waals surface area contributed by atoms with E-state index in [0.29, 0.717) is 6.61 Å². The second-order valence-electron chi connectivity index (χ2n) is 3.94. The molecule has 0 bridgehead atoms. The molecule has 0 fully saturated rings. The molecule has 1 aromatic rings. The molecule has 82 valence electrons. The largest absolute Gasteiger partial charge is 0.490 e. The molecule has 0 spiro atoms. The molecule has 1 aliphatic heterocycles. The first-order valence-electron chi connectivity index (χ1n) is 5.22. The van der Waals surface area contributed by atoms with E-state index in [1.165, 1.54) is 11.1 Å². The first-order chi connectivity index (χ1) is 7.20. The minimum absolute atomic E-state index is 0.0374. The lowest BCUT2D eigenvalue weighted by Gasteiger charge is -2.14. The molecule has 0 aliphatic carbocycles. The van der Waals surface area contributed by atoms with E-state index in [4.69, 9.17) is 14.6 Å². The number of aliphatic hydroxyl groups is 1. The fourth-order valence-corrected chi connectivity index (χ4v) is 1.64. The van der Waals surface area contributed by atoms with Gasteiger partial charge in [0.05, 0.1) is 13.2 Å². The first kappa shape index (κ1) is 10.3. The van der Waals surface area contributed by atoms with Gasteiger partial charge in [-0.05, 0) is 37.1 Å². The van der Waals surface area contributed by atoms with Crippen LogP contribution in [0.1, 0.15) is 17.5 Å². The second kappa shape index (κ2) is 4.11. The highest BCUT2D eigenvalue weighted by Crippen LogP contribution is 2.33. The maximum atomic E-state index is 9.08. The molecule has 1 aromatic carbocycles. The van der Waals surface area contributed by atoms with Crippen LogP contribution >= 0.6 is 0 Å². The number of aryl methyl sites for hydroxylation is 2. The van der Waals surface area contributed by atoms with Gasteiger partial charge in [0, 0.05) is 6.42 Å². The van der Waals surface area contributed by atoms with Crippen molar-refractivity contribution in [1.29, 1.82) is 0 Å². The number of rotatable bonds is 1. The molecule has 2 rings (SSSR count). The van der Waals surface area contributed by atoms with Gasteiger partial charge in [0.25, 0.3) is 0 Å². The van der Waals surface area contributed by atoms with Crippen LogP contribution < -0.4 is 9.47 Å². The van der Waals surface area contributed by atoms with Crippen molar-refractivity contribution in [2.24, 2.45) is 0 Å². The Morgan fingerprint density at radius 3 is 2.60 bits per heavy atom. The number of hydrogen-bond donors (Lipinski definition) is 1. The van der Waals surface area contributed by atoms with Gasteiger partial charge in [0.2, 0.25) is 0 Å². The van der Waals surface area contributed by atoms with Gasteiger partial charge in [0.1, 0.15) is 6.10 Å². The van der Waals surface area contributed by atoms with Crippen LogP contribution in [-0.4, -0.2) is 24.4 Å². The Balaban J connectivity index is 2.34. The molecule has 3 heteroatoms. The summed E-state index contributed by atoms with van der Waals surface area (Å²) in [5, 5.41) is 9.08. The van der Waals surface area contributed by atoms with E-state index in [0.717, 1.165) is 17.9 Å². The lowest BCUT2D eigenvalue weighted by Crippen LogP contribution is -2.21. The molecular weight excluding hydrogens is 192 g/mol. The van der Waals surface area contributed by atoms with Crippen molar-refractivity contribution < 1.29 is 14.6 Å². The standard InChI is InChI=1S/C12H16O3/c1-8-5-11-12(6-9(8)2)15-10(7-13)3-4-14-11/h5-6,10,13H,3-4,7H2,1-2H3. The van der Waals surface area contributed by atoms with Crippen LogP contribution in [0.5, 0.6) is 11.5 Å². The molecule has 3 nitrogen and oxygen atoms in total. The zero-order chi connectivity index (χ0) is 10.8. The van der Waals surface area contributed by atoms with E-state index in [1.54, 1.807) is 0 Å². The molecule has 1 atom stereocenters. The Morgan fingerprint density at radius 2 is 1.93 bits per heavy atom. The molecule has 1 heterocycles. The minimum Gasteiger partial charge on any atom is -0.490 e. The summed E-state index contributed by atoms with van der Waals surface area (Å²) in [4.78, 5) is 0. The van der Waals surface area contributed by atoms with E-state index < -0.39 is 0 Å². The summed E-state index contributed by atoms with van der Waals surface area (Å²) in [6, 6.07) is 3.96. The minimum atomic E-state index is -0.145. The molecule has 1 aliphatic rings. The molecule has 1 unspecified atom stereocenters. The van der Waals surface area contributed by atoms with Crippen LogP contribution in [0.25, 0.3) is 0 Å². The average Bonchev–Trinajstić information content (AvgIpc) is 2.41. The summed E-state index contributed by atoms with van der Waals surface area (Å²) in [6.07, 6.45) is 0.580. The number of benzene rings is 1. The summed E-state index contributed by atoms with van der Waals surface area (Å²) in [6.45, 7) is 4.72. The van der Waals surface area contributed by atoms with Gasteiger partial charge >= 0.3 is 0 Å². The Morgan fingerprint density at radius 1 is 1.27 bits per heavy atom. The van der Waals surface area contributed by atoms with Gasteiger partial charge in [0.15, 0.2) is 11.5 Å². The number of hydrogen-bond acceptors (Lipinski definition) is 3. The predicted octanol–water partition coefficient (Wildman–Crippen LogP) is 1.83. The lowest BCUT2D eigenvalue weighted by molar-refractivity contribution is 0.109. The Hall–Kier alpha value is -1.22. The van der Waals surface area contributed by atoms with Crippen LogP contribution in [0.3, 0.4) is 0 Å². The van der Waals surface area contributed by atoms with Crippen LogP contribution in [0, 0.1) is 13.8 Å². The molecule has 15 heavy (non-hydrogen) atoms. The van der Waals surface area contributed by atoms with Crippen molar-refractivity contribution in [1.82, 2.24) is 0 Å². The van der Waals surface area contributed by atoms with Crippen molar-refractivity contribution in [2.45, 2.75) is 26.4 Å². The maximum Gasteiger partial charge on any atom is 0.162 e. The number of aliphatic hydroxyl groups excluding tert-OH is 1. The molecule has 1 N–H and O–H groups in total. The fraction of sp³-hybridized carbons (Fsp3) is 0.500. The summed E-state index contributed by atoms with van der Waals surface area (Å²) in [5.74, 6) is 1.53. The normalized spacial score (nSPS) is 19.8. The van der Waals surface area contributed by atoms with Crippen molar-refractivity contribution in [2.75, 3.05) is 13.2 Å². The number of ether oxygens (including phenoxy) is 2. The third-order valence-corrected chi connectivity index (χ3v) is 2.75. The van der Waals surface area contributed by atoms with E-state index in [9.17, 15) is 0 Å². The fourth-order valence-electron chi connectivity index (χ4n) is 1.64. The Labute approximate surface area is 89.6 Å². The van der Waals surface area contributed by atoms with Crippen molar-refractivity contribution in [3.05, 3.63) is 23.3 Å². The lowest BCUT2D eigenvalue weighted by atomic mass is 10.1. The molecule has 0 aromatic heterocycles.